The van der Waals surface area contributed by atoms with Crippen LogP contribution in [0.3, 0.4) is 0 Å². The maximum Gasteiger partial charge on any atom is 0.416 e. The molecule has 146 valence electrons. The highest BCUT2D eigenvalue weighted by Crippen LogP contribution is 2.30. The van der Waals surface area contributed by atoms with Gasteiger partial charge in [0.1, 0.15) is 0 Å². The normalized spacial score (nSPS) is 12.0. The number of carbonyl (C=O) groups excluding carboxylic acids is 1. The molecule has 0 aliphatic heterocycles. The maximum atomic E-state index is 12.7. The minimum absolute atomic E-state index is 0.360. The number of hydrogen-bond donors (Lipinski definition) is 2. The second-order valence-electron chi connectivity index (χ2n) is 5.79. The van der Waals surface area contributed by atoms with Gasteiger partial charge in [0.05, 0.1) is 17.0 Å². The van der Waals surface area contributed by atoms with E-state index in [0.29, 0.717) is 19.0 Å². The summed E-state index contributed by atoms with van der Waals surface area (Å²) in [7, 11) is -4.22. The number of aryl methyl sites for hydroxylation is 1. The molecule has 2 rings (SSSR count). The number of halogens is 3. The lowest BCUT2D eigenvalue weighted by atomic mass is 10.1. The maximum absolute atomic E-state index is 12.7. The molecule has 0 spiro atoms. The van der Waals surface area contributed by atoms with E-state index in [4.69, 9.17) is 0 Å². The molecule has 0 atom stereocenters. The molecule has 2 N–H and O–H groups in total. The van der Waals surface area contributed by atoms with E-state index in [1.54, 1.807) is 0 Å². The van der Waals surface area contributed by atoms with Gasteiger partial charge in [-0.3, -0.25) is 4.79 Å². The van der Waals surface area contributed by atoms with Gasteiger partial charge in [0.15, 0.2) is 0 Å². The van der Waals surface area contributed by atoms with Crippen LogP contribution in [0.5, 0.6) is 0 Å². The molecule has 9 heteroatoms. The van der Waals surface area contributed by atoms with Crippen molar-refractivity contribution in [2.75, 3.05) is 13.1 Å². The summed E-state index contributed by atoms with van der Waals surface area (Å²) in [6.45, 7) is -0.192. The van der Waals surface area contributed by atoms with E-state index in [1.807, 2.05) is 35.1 Å². The Morgan fingerprint density at radius 2 is 1.70 bits per heavy atom. The van der Waals surface area contributed by atoms with Crippen molar-refractivity contribution in [3.63, 3.8) is 0 Å². The highest BCUT2D eigenvalue weighted by molar-refractivity contribution is 7.89. The van der Waals surface area contributed by atoms with Crippen LogP contribution in [0.4, 0.5) is 13.2 Å². The SMILES string of the molecule is O=C(CNS(=O)(=O)c1cccc(C(F)(F)F)c1)NCCCc1ccccc1. The number of amides is 1. The first-order valence-corrected chi connectivity index (χ1v) is 9.64. The summed E-state index contributed by atoms with van der Waals surface area (Å²) >= 11 is 0. The van der Waals surface area contributed by atoms with Crippen LogP contribution in [-0.4, -0.2) is 27.4 Å². The summed E-state index contributed by atoms with van der Waals surface area (Å²) in [5.74, 6) is -0.557. The zero-order chi connectivity index (χ0) is 19.9. The van der Waals surface area contributed by atoms with Crippen molar-refractivity contribution < 1.29 is 26.4 Å². The van der Waals surface area contributed by atoms with Gasteiger partial charge in [0.25, 0.3) is 0 Å². The van der Waals surface area contributed by atoms with Crippen molar-refractivity contribution in [1.82, 2.24) is 10.0 Å². The molecule has 0 radical (unpaired) electrons. The third kappa shape index (κ3) is 6.69. The molecule has 0 unspecified atom stereocenters. The summed E-state index contributed by atoms with van der Waals surface area (Å²) in [6.07, 6.45) is -3.21. The van der Waals surface area contributed by atoms with Crippen molar-refractivity contribution in [2.45, 2.75) is 23.9 Å². The second-order valence-corrected chi connectivity index (χ2v) is 7.56. The lowest BCUT2D eigenvalue weighted by Crippen LogP contribution is -2.37. The van der Waals surface area contributed by atoms with Crippen molar-refractivity contribution in [3.05, 3.63) is 65.7 Å². The van der Waals surface area contributed by atoms with Gasteiger partial charge in [0, 0.05) is 6.54 Å². The van der Waals surface area contributed by atoms with Gasteiger partial charge in [-0.25, -0.2) is 13.1 Å². The van der Waals surface area contributed by atoms with Crippen molar-refractivity contribution in [3.8, 4) is 0 Å². The summed E-state index contributed by atoms with van der Waals surface area (Å²) in [4.78, 5) is 11.2. The Balaban J connectivity index is 1.81. The summed E-state index contributed by atoms with van der Waals surface area (Å²) < 4.78 is 64.2. The molecular weight excluding hydrogens is 381 g/mol. The van der Waals surface area contributed by atoms with Crippen LogP contribution in [0.1, 0.15) is 17.5 Å². The molecule has 2 aromatic carbocycles. The lowest BCUT2D eigenvalue weighted by Gasteiger charge is -2.10. The van der Waals surface area contributed by atoms with Gasteiger partial charge < -0.3 is 5.32 Å². The number of hydrogen-bond acceptors (Lipinski definition) is 3. The Morgan fingerprint density at radius 1 is 1.00 bits per heavy atom. The van der Waals surface area contributed by atoms with Crippen molar-refractivity contribution >= 4 is 15.9 Å². The average molecular weight is 400 g/mol. The number of carbonyl (C=O) groups is 1. The minimum Gasteiger partial charge on any atom is -0.355 e. The van der Waals surface area contributed by atoms with E-state index in [9.17, 15) is 26.4 Å². The molecular formula is C18H19F3N2O3S. The van der Waals surface area contributed by atoms with Crippen LogP contribution in [0.2, 0.25) is 0 Å². The number of benzene rings is 2. The second kappa shape index (κ2) is 9.01. The van der Waals surface area contributed by atoms with E-state index >= 15 is 0 Å². The molecule has 1 amide bonds. The molecule has 0 aliphatic carbocycles. The van der Waals surface area contributed by atoms with Gasteiger partial charge in [-0.15, -0.1) is 0 Å². The Morgan fingerprint density at radius 3 is 2.37 bits per heavy atom. The Bertz CT molecular complexity index is 869. The van der Waals surface area contributed by atoms with Crippen LogP contribution in [0.15, 0.2) is 59.5 Å². The lowest BCUT2D eigenvalue weighted by molar-refractivity contribution is -0.137. The van der Waals surface area contributed by atoms with Gasteiger partial charge in [0.2, 0.25) is 15.9 Å². The predicted molar refractivity (Wildman–Crippen MR) is 94.4 cm³/mol. The fourth-order valence-electron chi connectivity index (χ4n) is 2.31. The largest absolute Gasteiger partial charge is 0.416 e. The summed E-state index contributed by atoms with van der Waals surface area (Å²) in [5, 5.41) is 2.57. The van der Waals surface area contributed by atoms with Crippen LogP contribution < -0.4 is 10.0 Å². The number of sulfonamides is 1. The fraction of sp³-hybridized carbons (Fsp3) is 0.278. The molecule has 0 saturated carbocycles. The van der Waals surface area contributed by atoms with Gasteiger partial charge in [-0.05, 0) is 36.6 Å². The number of rotatable bonds is 8. The number of alkyl halides is 3. The highest BCUT2D eigenvalue weighted by Gasteiger charge is 2.31. The fourth-order valence-corrected chi connectivity index (χ4v) is 3.34. The van der Waals surface area contributed by atoms with Gasteiger partial charge >= 0.3 is 6.18 Å². The molecule has 27 heavy (non-hydrogen) atoms. The molecule has 0 aromatic heterocycles. The first-order chi connectivity index (χ1) is 12.7. The molecule has 0 saturated heterocycles. The molecule has 5 nitrogen and oxygen atoms in total. The Hall–Kier alpha value is -2.39. The van der Waals surface area contributed by atoms with Crippen LogP contribution in [0.25, 0.3) is 0 Å². The van der Waals surface area contributed by atoms with Crippen LogP contribution in [0, 0.1) is 0 Å². The summed E-state index contributed by atoms with van der Waals surface area (Å²) in [6, 6.07) is 13.0. The Labute approximate surface area is 155 Å². The predicted octanol–water partition coefficient (Wildman–Crippen LogP) is 2.73. The van der Waals surface area contributed by atoms with E-state index < -0.39 is 39.1 Å². The van der Waals surface area contributed by atoms with Crippen molar-refractivity contribution in [2.24, 2.45) is 0 Å². The topological polar surface area (TPSA) is 75.3 Å². The van der Waals surface area contributed by atoms with E-state index in [1.165, 1.54) is 0 Å². The molecule has 2 aromatic rings. The first kappa shape index (κ1) is 20.9. The van der Waals surface area contributed by atoms with E-state index in [-0.39, 0.29) is 0 Å². The molecule has 0 fully saturated rings. The standard InChI is InChI=1S/C18H19F3N2O3S/c19-18(20,21)15-9-4-10-16(12-15)27(25,26)23-13-17(24)22-11-5-8-14-6-2-1-3-7-14/h1-4,6-7,9-10,12,23H,5,8,11,13H2,(H,22,24). The smallest absolute Gasteiger partial charge is 0.355 e. The summed E-state index contributed by atoms with van der Waals surface area (Å²) in [5.41, 5.74) is 0.0488. The first-order valence-electron chi connectivity index (χ1n) is 8.16. The monoisotopic (exact) mass is 400 g/mol. The highest BCUT2D eigenvalue weighted by atomic mass is 32.2. The van der Waals surface area contributed by atoms with E-state index in [2.05, 4.69) is 5.32 Å². The average Bonchev–Trinajstić information content (AvgIpc) is 2.64. The third-order valence-corrected chi connectivity index (χ3v) is 5.10. The van der Waals surface area contributed by atoms with Gasteiger partial charge in [-0.2, -0.15) is 13.2 Å². The van der Waals surface area contributed by atoms with Crippen molar-refractivity contribution in [1.29, 1.82) is 0 Å². The number of nitrogens with one attached hydrogen (secondary N) is 2. The minimum atomic E-state index is -4.65. The van der Waals surface area contributed by atoms with Crippen LogP contribution in [-0.2, 0) is 27.4 Å². The quantitative estimate of drug-likeness (QED) is 0.669. The van der Waals surface area contributed by atoms with E-state index in [0.717, 1.165) is 30.2 Å². The Kier molecular flexibility index (Phi) is 6.98. The van der Waals surface area contributed by atoms with Crippen LogP contribution >= 0.6 is 0 Å². The molecule has 0 aliphatic rings. The zero-order valence-electron chi connectivity index (χ0n) is 14.3. The molecule has 0 bridgehead atoms. The zero-order valence-corrected chi connectivity index (χ0v) is 15.1. The third-order valence-electron chi connectivity index (χ3n) is 3.70. The van der Waals surface area contributed by atoms with Gasteiger partial charge in [-0.1, -0.05) is 36.4 Å². The molecule has 0 heterocycles.